The van der Waals surface area contributed by atoms with Gasteiger partial charge in [-0.05, 0) is 24.3 Å². The number of nitrogens with one attached hydrogen (secondary N) is 1. The van der Waals surface area contributed by atoms with E-state index in [0.717, 1.165) is 17.0 Å². The van der Waals surface area contributed by atoms with E-state index in [-0.39, 0.29) is 5.78 Å². The number of benzene rings is 2. The Hall–Kier alpha value is -2.55. The van der Waals surface area contributed by atoms with Crippen LogP contribution in [0, 0.1) is 0 Å². The minimum absolute atomic E-state index is 0.0153. The van der Waals surface area contributed by atoms with Crippen molar-refractivity contribution in [3.63, 3.8) is 0 Å². The van der Waals surface area contributed by atoms with Crippen molar-refractivity contribution in [3.8, 4) is 5.75 Å². The van der Waals surface area contributed by atoms with Gasteiger partial charge in [0.05, 0.1) is 12.8 Å². The monoisotopic (exact) mass is 251 g/mol. The molecule has 94 valence electrons. The Bertz CT molecular complexity index is 674. The van der Waals surface area contributed by atoms with Crippen molar-refractivity contribution in [2.45, 2.75) is 0 Å². The molecule has 0 saturated carbocycles. The maximum absolute atomic E-state index is 12.2. The lowest BCUT2D eigenvalue weighted by Gasteiger charge is -2.05. The molecule has 0 aliphatic carbocycles. The quantitative estimate of drug-likeness (QED) is 0.832. The summed E-state index contributed by atoms with van der Waals surface area (Å²) in [4.78, 5) is 12.2. The highest BCUT2D eigenvalue weighted by atomic mass is 16.5. The van der Waals surface area contributed by atoms with Crippen molar-refractivity contribution in [1.29, 1.82) is 0 Å². The largest absolute Gasteiger partial charge is 0.496 e. The molecule has 2 aromatic rings. The van der Waals surface area contributed by atoms with Crippen LogP contribution in [0.2, 0.25) is 0 Å². The van der Waals surface area contributed by atoms with E-state index >= 15 is 0 Å². The minimum Gasteiger partial charge on any atom is -0.496 e. The topological polar surface area (TPSA) is 38.3 Å². The molecule has 1 aliphatic rings. The maximum Gasteiger partial charge on any atom is 0.211 e. The van der Waals surface area contributed by atoms with Gasteiger partial charge < -0.3 is 10.1 Å². The van der Waals surface area contributed by atoms with E-state index in [2.05, 4.69) is 5.32 Å². The highest BCUT2D eigenvalue weighted by molar-refractivity contribution is 6.20. The number of Topliss-reactive ketones (excluding diaryl/α,β-unsaturated/α-hetero) is 1. The summed E-state index contributed by atoms with van der Waals surface area (Å²) < 4.78 is 5.28. The van der Waals surface area contributed by atoms with Gasteiger partial charge in [-0.15, -0.1) is 0 Å². The fourth-order valence-electron chi connectivity index (χ4n) is 2.18. The summed E-state index contributed by atoms with van der Waals surface area (Å²) in [7, 11) is 1.62. The van der Waals surface area contributed by atoms with Crippen molar-refractivity contribution >= 4 is 17.5 Å². The molecule has 1 heterocycles. The van der Waals surface area contributed by atoms with Gasteiger partial charge in [-0.1, -0.05) is 30.3 Å². The summed E-state index contributed by atoms with van der Waals surface area (Å²) in [6.07, 6.45) is 1.82. The first-order valence-corrected chi connectivity index (χ1v) is 6.05. The first-order valence-electron chi connectivity index (χ1n) is 6.05. The molecule has 0 fully saturated rings. The molecule has 0 atom stereocenters. The van der Waals surface area contributed by atoms with E-state index in [1.54, 1.807) is 7.11 Å². The van der Waals surface area contributed by atoms with E-state index in [1.165, 1.54) is 0 Å². The lowest BCUT2D eigenvalue weighted by Crippen LogP contribution is -2.00. The number of hydrogen-bond donors (Lipinski definition) is 1. The van der Waals surface area contributed by atoms with Crippen LogP contribution < -0.4 is 10.1 Å². The second-order valence-electron chi connectivity index (χ2n) is 4.30. The Kier molecular flexibility index (Phi) is 2.80. The molecule has 0 amide bonds. The van der Waals surface area contributed by atoms with Crippen LogP contribution in [-0.4, -0.2) is 12.9 Å². The first kappa shape index (κ1) is 11.5. The Balaban J connectivity index is 2.01. The van der Waals surface area contributed by atoms with Crippen LogP contribution in [0.3, 0.4) is 0 Å². The van der Waals surface area contributed by atoms with Gasteiger partial charge in [0, 0.05) is 16.8 Å². The number of ketones is 1. The van der Waals surface area contributed by atoms with Crippen LogP contribution in [0.25, 0.3) is 6.08 Å². The summed E-state index contributed by atoms with van der Waals surface area (Å²) in [6, 6.07) is 15.1. The minimum atomic E-state index is 0.0153. The van der Waals surface area contributed by atoms with Crippen LogP contribution in [0.15, 0.2) is 54.2 Å². The van der Waals surface area contributed by atoms with Gasteiger partial charge in [-0.25, -0.2) is 0 Å². The van der Waals surface area contributed by atoms with E-state index in [9.17, 15) is 4.79 Å². The summed E-state index contributed by atoms with van der Waals surface area (Å²) in [6.45, 7) is 0. The number of hydrogen-bond acceptors (Lipinski definition) is 3. The fraction of sp³-hybridized carbons (Fsp3) is 0.0625. The third-order valence-corrected chi connectivity index (χ3v) is 3.12. The molecule has 0 spiro atoms. The smallest absolute Gasteiger partial charge is 0.211 e. The van der Waals surface area contributed by atoms with E-state index in [4.69, 9.17) is 4.74 Å². The highest BCUT2D eigenvalue weighted by Gasteiger charge is 2.23. The summed E-state index contributed by atoms with van der Waals surface area (Å²) in [5.41, 5.74) is 3.02. The van der Waals surface area contributed by atoms with Gasteiger partial charge in [-0.2, -0.15) is 0 Å². The van der Waals surface area contributed by atoms with Crippen LogP contribution >= 0.6 is 0 Å². The predicted molar refractivity (Wildman–Crippen MR) is 75.4 cm³/mol. The Labute approximate surface area is 111 Å². The maximum atomic E-state index is 12.2. The number of ether oxygens (including phenoxy) is 1. The molecule has 3 heteroatoms. The van der Waals surface area contributed by atoms with Crippen LogP contribution in [-0.2, 0) is 0 Å². The highest BCUT2D eigenvalue weighted by Crippen LogP contribution is 2.30. The number of rotatable bonds is 2. The molecule has 3 rings (SSSR count). The molecule has 0 bridgehead atoms. The van der Waals surface area contributed by atoms with Crippen molar-refractivity contribution in [3.05, 3.63) is 65.4 Å². The van der Waals surface area contributed by atoms with Crippen LogP contribution in [0.1, 0.15) is 15.9 Å². The molecular formula is C16H13NO2. The van der Waals surface area contributed by atoms with Crippen LogP contribution in [0.5, 0.6) is 5.75 Å². The van der Waals surface area contributed by atoms with Crippen molar-refractivity contribution in [2.75, 3.05) is 12.4 Å². The van der Waals surface area contributed by atoms with Crippen LogP contribution in [0.4, 0.5) is 5.69 Å². The zero-order chi connectivity index (χ0) is 13.2. The molecule has 2 aromatic carbocycles. The summed E-state index contributed by atoms with van der Waals surface area (Å²) >= 11 is 0. The Morgan fingerprint density at radius 3 is 2.58 bits per heavy atom. The van der Waals surface area contributed by atoms with Gasteiger partial charge in [0.2, 0.25) is 5.78 Å². The number of para-hydroxylation sites is 2. The molecule has 0 radical (unpaired) electrons. The van der Waals surface area contributed by atoms with Crippen molar-refractivity contribution in [1.82, 2.24) is 0 Å². The summed E-state index contributed by atoms with van der Waals surface area (Å²) in [5, 5.41) is 3.14. The average molecular weight is 251 g/mol. The second-order valence-corrected chi connectivity index (χ2v) is 4.30. The Morgan fingerprint density at radius 1 is 1.05 bits per heavy atom. The fourth-order valence-corrected chi connectivity index (χ4v) is 2.18. The normalized spacial score (nSPS) is 15.2. The second kappa shape index (κ2) is 4.61. The lowest BCUT2D eigenvalue weighted by atomic mass is 10.1. The molecule has 19 heavy (non-hydrogen) atoms. The third kappa shape index (κ3) is 1.99. The van der Waals surface area contributed by atoms with Gasteiger partial charge >= 0.3 is 0 Å². The number of carbonyl (C=O) groups is 1. The predicted octanol–water partition coefficient (Wildman–Crippen LogP) is 3.34. The number of anilines is 1. The SMILES string of the molecule is COc1ccccc1C=C1Nc2ccccc2C1=O. The van der Waals surface area contributed by atoms with Crippen molar-refractivity contribution in [2.24, 2.45) is 0 Å². The average Bonchev–Trinajstić information content (AvgIpc) is 2.77. The first-order chi connectivity index (χ1) is 9.29. The number of allylic oxidation sites excluding steroid dienone is 1. The molecule has 0 aromatic heterocycles. The molecule has 1 aliphatic heterocycles. The molecule has 1 N–H and O–H groups in total. The van der Waals surface area contributed by atoms with Gasteiger partial charge in [0.25, 0.3) is 0 Å². The van der Waals surface area contributed by atoms with E-state index in [1.807, 2.05) is 54.6 Å². The molecule has 0 saturated heterocycles. The van der Waals surface area contributed by atoms with Gasteiger partial charge in [-0.3, -0.25) is 4.79 Å². The zero-order valence-electron chi connectivity index (χ0n) is 10.5. The lowest BCUT2D eigenvalue weighted by molar-refractivity contribution is 0.104. The number of fused-ring (bicyclic) bond motifs is 1. The third-order valence-electron chi connectivity index (χ3n) is 3.12. The van der Waals surface area contributed by atoms with Gasteiger partial charge in [0.15, 0.2) is 0 Å². The number of methoxy groups -OCH3 is 1. The zero-order valence-corrected chi connectivity index (χ0v) is 10.5. The molecular weight excluding hydrogens is 238 g/mol. The van der Waals surface area contributed by atoms with Crippen molar-refractivity contribution < 1.29 is 9.53 Å². The van der Waals surface area contributed by atoms with Gasteiger partial charge in [0.1, 0.15) is 5.75 Å². The molecule has 0 unspecified atom stereocenters. The Morgan fingerprint density at radius 2 is 1.79 bits per heavy atom. The standard InChI is InChI=1S/C16H13NO2/c1-19-15-9-5-2-6-11(15)10-14-16(18)12-7-3-4-8-13(12)17-14/h2-10,17H,1H3. The van der Waals surface area contributed by atoms with E-state index < -0.39 is 0 Å². The number of carbonyl (C=O) groups excluding carboxylic acids is 1. The summed E-state index contributed by atoms with van der Waals surface area (Å²) in [5.74, 6) is 0.766. The van der Waals surface area contributed by atoms with E-state index in [0.29, 0.717) is 11.3 Å². The molecule has 3 nitrogen and oxygen atoms in total.